The molecule has 3 heteroatoms. The van der Waals surface area contributed by atoms with Gasteiger partial charge in [0.25, 0.3) is 0 Å². The van der Waals surface area contributed by atoms with Gasteiger partial charge in [-0.15, -0.1) is 0 Å². The van der Waals surface area contributed by atoms with Crippen molar-refractivity contribution in [3.8, 4) is 22.3 Å². The predicted molar refractivity (Wildman–Crippen MR) is 123 cm³/mol. The molecule has 0 heterocycles. The van der Waals surface area contributed by atoms with Gasteiger partial charge in [-0.2, -0.15) is 0 Å². The van der Waals surface area contributed by atoms with E-state index < -0.39 is 7.12 Å². The van der Waals surface area contributed by atoms with E-state index in [2.05, 4.69) is 85.0 Å². The smallest absolute Gasteiger partial charge is 0.410 e. The second-order valence-corrected chi connectivity index (χ2v) is 7.16. The van der Waals surface area contributed by atoms with Crippen LogP contribution in [0.1, 0.15) is 18.4 Å². The summed E-state index contributed by atoms with van der Waals surface area (Å²) in [4.78, 5) is 0. The summed E-state index contributed by atoms with van der Waals surface area (Å²) in [5.74, 6) is 0. The van der Waals surface area contributed by atoms with Crippen LogP contribution >= 0.6 is 0 Å². The number of hydrogen-bond acceptors (Lipinski definition) is 2. The maximum atomic E-state index is 5.75. The summed E-state index contributed by atoms with van der Waals surface area (Å²) in [5, 5.41) is 0. The molecule has 29 heavy (non-hydrogen) atoms. The molecule has 0 aliphatic heterocycles. The summed E-state index contributed by atoms with van der Waals surface area (Å²) >= 11 is 0. The van der Waals surface area contributed by atoms with Crippen molar-refractivity contribution in [3.63, 3.8) is 0 Å². The minimum absolute atomic E-state index is 0.443. The van der Waals surface area contributed by atoms with E-state index in [-0.39, 0.29) is 0 Å². The Morgan fingerprint density at radius 1 is 0.690 bits per heavy atom. The van der Waals surface area contributed by atoms with Crippen molar-refractivity contribution in [1.29, 1.82) is 0 Å². The molecule has 144 valence electrons. The summed E-state index contributed by atoms with van der Waals surface area (Å²) in [6, 6.07) is 25.5. The van der Waals surface area contributed by atoms with Crippen LogP contribution in [-0.4, -0.2) is 21.3 Å². The first-order valence-corrected chi connectivity index (χ1v) is 10.0. The van der Waals surface area contributed by atoms with Crippen LogP contribution in [0.5, 0.6) is 0 Å². The van der Waals surface area contributed by atoms with Gasteiger partial charge in [0.15, 0.2) is 0 Å². The molecule has 0 aromatic heterocycles. The molecular weight excluding hydrogens is 355 g/mol. The Balaban J connectivity index is 2.03. The van der Waals surface area contributed by atoms with Crippen LogP contribution in [0.4, 0.5) is 0 Å². The molecule has 4 rings (SSSR count). The van der Waals surface area contributed by atoms with Gasteiger partial charge in [-0.05, 0) is 63.8 Å². The largest absolute Gasteiger partial charge is 0.494 e. The molecule has 1 aliphatic carbocycles. The molecule has 0 bridgehead atoms. The average Bonchev–Trinajstić information content (AvgIpc) is 2.81. The van der Waals surface area contributed by atoms with E-state index in [4.69, 9.17) is 9.31 Å². The fourth-order valence-corrected chi connectivity index (χ4v) is 3.94. The zero-order valence-electron chi connectivity index (χ0n) is 17.0. The van der Waals surface area contributed by atoms with Gasteiger partial charge in [-0.25, -0.2) is 0 Å². The van der Waals surface area contributed by atoms with Gasteiger partial charge in [-0.1, -0.05) is 78.9 Å². The van der Waals surface area contributed by atoms with Gasteiger partial charge >= 0.3 is 7.12 Å². The van der Waals surface area contributed by atoms with E-state index in [0.717, 1.165) is 35.0 Å². The minimum Gasteiger partial charge on any atom is -0.410 e. The Morgan fingerprint density at radius 3 is 1.90 bits per heavy atom. The van der Waals surface area contributed by atoms with Crippen molar-refractivity contribution < 1.29 is 9.31 Å². The van der Waals surface area contributed by atoms with Crippen LogP contribution < -0.4 is 5.46 Å². The van der Waals surface area contributed by atoms with Crippen LogP contribution in [0.25, 0.3) is 27.8 Å². The van der Waals surface area contributed by atoms with Crippen molar-refractivity contribution in [2.45, 2.75) is 12.8 Å². The van der Waals surface area contributed by atoms with Crippen molar-refractivity contribution >= 4 is 18.2 Å². The second-order valence-electron chi connectivity index (χ2n) is 7.16. The highest BCUT2D eigenvalue weighted by Gasteiger charge is 2.28. The summed E-state index contributed by atoms with van der Waals surface area (Å²) in [7, 11) is 2.95. The second kappa shape index (κ2) is 9.08. The first kappa shape index (κ1) is 19.4. The molecule has 0 saturated carbocycles. The van der Waals surface area contributed by atoms with Gasteiger partial charge in [0.1, 0.15) is 0 Å². The summed E-state index contributed by atoms with van der Waals surface area (Å²) in [6.45, 7) is 0. The predicted octanol–water partition coefficient (Wildman–Crippen LogP) is 5.74. The monoisotopic (exact) mass is 380 g/mol. The van der Waals surface area contributed by atoms with Gasteiger partial charge in [-0.3, -0.25) is 0 Å². The van der Waals surface area contributed by atoms with Crippen molar-refractivity contribution in [2.75, 3.05) is 14.2 Å². The van der Waals surface area contributed by atoms with Crippen LogP contribution in [0.3, 0.4) is 0 Å². The highest BCUT2D eigenvalue weighted by molar-refractivity contribution is 6.64. The van der Waals surface area contributed by atoms with Crippen LogP contribution in [0.2, 0.25) is 0 Å². The van der Waals surface area contributed by atoms with Crippen LogP contribution in [0.15, 0.2) is 91.0 Å². The number of allylic oxidation sites excluding steroid dienone is 4. The number of benzene rings is 3. The zero-order chi connectivity index (χ0) is 20.1. The normalized spacial score (nSPS) is 13.2. The van der Waals surface area contributed by atoms with E-state index >= 15 is 0 Å². The molecule has 0 amide bonds. The van der Waals surface area contributed by atoms with E-state index in [1.807, 2.05) is 6.07 Å². The fourth-order valence-electron chi connectivity index (χ4n) is 3.94. The Kier molecular flexibility index (Phi) is 6.09. The maximum Gasteiger partial charge on any atom is 0.494 e. The lowest BCUT2D eigenvalue weighted by atomic mass is 9.69. The third kappa shape index (κ3) is 4.12. The molecule has 3 aromatic carbocycles. The highest BCUT2D eigenvalue weighted by Crippen LogP contribution is 2.32. The third-order valence-corrected chi connectivity index (χ3v) is 5.34. The van der Waals surface area contributed by atoms with Gasteiger partial charge in [0.2, 0.25) is 0 Å². The van der Waals surface area contributed by atoms with Gasteiger partial charge < -0.3 is 9.31 Å². The molecule has 0 atom stereocenters. The molecule has 0 spiro atoms. The summed E-state index contributed by atoms with van der Waals surface area (Å²) < 4.78 is 11.5. The van der Waals surface area contributed by atoms with Gasteiger partial charge in [0, 0.05) is 14.2 Å². The molecule has 2 nitrogen and oxygen atoms in total. The first-order valence-electron chi connectivity index (χ1n) is 10.0. The molecule has 0 fully saturated rings. The first-order chi connectivity index (χ1) is 14.3. The lowest BCUT2D eigenvalue weighted by Gasteiger charge is -2.22. The number of hydrogen-bond donors (Lipinski definition) is 0. The van der Waals surface area contributed by atoms with Crippen LogP contribution in [-0.2, 0) is 9.31 Å². The molecule has 0 N–H and O–H groups in total. The van der Waals surface area contributed by atoms with Crippen LogP contribution in [0, 0.1) is 0 Å². The average molecular weight is 380 g/mol. The quantitative estimate of drug-likeness (QED) is 0.508. The fraction of sp³-hybridized carbons (Fsp3) is 0.154. The Labute approximate surface area is 173 Å². The number of rotatable bonds is 6. The molecule has 0 unspecified atom stereocenters. The maximum absolute atomic E-state index is 5.75. The standard InChI is InChI=1S/C26H25BO2/c1-28-27(29-2)26-24(21-14-8-4-9-15-21)18-23(20-12-6-3-7-13-20)19-25(26)22-16-10-5-11-17-22/h3-4,6-10,12-19H,5,11H2,1-2H3. The summed E-state index contributed by atoms with van der Waals surface area (Å²) in [6.07, 6.45) is 8.90. The summed E-state index contributed by atoms with van der Waals surface area (Å²) in [5.41, 5.74) is 8.13. The highest BCUT2D eigenvalue weighted by atomic mass is 16.6. The van der Waals surface area contributed by atoms with Gasteiger partial charge in [0.05, 0.1) is 0 Å². The Hall–Kier alpha value is -2.88. The topological polar surface area (TPSA) is 18.5 Å². The third-order valence-electron chi connectivity index (χ3n) is 5.34. The lowest BCUT2D eigenvalue weighted by molar-refractivity contribution is 0.292. The van der Waals surface area contributed by atoms with E-state index in [1.165, 1.54) is 16.7 Å². The minimum atomic E-state index is -0.443. The molecule has 1 aliphatic rings. The van der Waals surface area contributed by atoms with Crippen molar-refractivity contribution in [2.24, 2.45) is 0 Å². The van der Waals surface area contributed by atoms with E-state index in [0.29, 0.717) is 0 Å². The van der Waals surface area contributed by atoms with Crippen molar-refractivity contribution in [1.82, 2.24) is 0 Å². The van der Waals surface area contributed by atoms with E-state index in [1.54, 1.807) is 14.2 Å². The Bertz CT molecular complexity index is 1020. The zero-order valence-corrected chi connectivity index (χ0v) is 17.0. The molecule has 3 aromatic rings. The molecule has 0 saturated heterocycles. The van der Waals surface area contributed by atoms with Crippen molar-refractivity contribution in [3.05, 3.63) is 96.6 Å². The molecular formula is C26H25BO2. The molecule has 0 radical (unpaired) electrons. The SMILES string of the molecule is COB(OC)c1c(C2=CCCC=C2)cc(-c2ccccc2)cc1-c1ccccc1. The Morgan fingerprint density at radius 2 is 1.31 bits per heavy atom. The lowest BCUT2D eigenvalue weighted by Crippen LogP contribution is -2.38. The van der Waals surface area contributed by atoms with E-state index in [9.17, 15) is 0 Å².